The molecule has 0 N–H and O–H groups in total. The van der Waals surface area contributed by atoms with Gasteiger partial charge >= 0.3 is 0 Å². The molecule has 0 saturated carbocycles. The fraction of sp³-hybridized carbons (Fsp3) is 0.933. The monoisotopic (exact) mass is 260 g/mol. The Kier molecular flexibility index (Phi) is 14.0. The highest BCUT2D eigenvalue weighted by atomic mass is 35.5. The molecule has 0 aliphatic heterocycles. The lowest BCUT2D eigenvalue weighted by molar-refractivity contribution is -0.118. The third-order valence-electron chi connectivity index (χ3n) is 3.18. The summed E-state index contributed by atoms with van der Waals surface area (Å²) in [5.74, 6) is 0.816. The molecule has 0 atom stereocenters. The van der Waals surface area contributed by atoms with Crippen molar-refractivity contribution in [2.45, 2.75) is 84.0 Å². The minimum absolute atomic E-state index is 0.333. The first-order valence-electron chi connectivity index (χ1n) is 7.39. The maximum atomic E-state index is 11.2. The molecule has 102 valence electrons. The zero-order chi connectivity index (χ0) is 12.8. The fourth-order valence-electron chi connectivity index (χ4n) is 2.04. The zero-order valence-electron chi connectivity index (χ0n) is 11.5. The second-order valence-corrected chi connectivity index (χ2v) is 5.29. The van der Waals surface area contributed by atoms with E-state index in [-0.39, 0.29) is 0 Å². The lowest BCUT2D eigenvalue weighted by Crippen LogP contribution is -1.97. The van der Waals surface area contributed by atoms with E-state index in [9.17, 15) is 4.79 Å². The Balaban J connectivity index is 3.01. The molecule has 0 rings (SSSR count). The quantitative estimate of drug-likeness (QED) is 0.316. The molecule has 0 saturated heterocycles. The summed E-state index contributed by atoms with van der Waals surface area (Å²) >= 11 is 5.51. The van der Waals surface area contributed by atoms with Crippen LogP contribution in [0.15, 0.2) is 0 Å². The topological polar surface area (TPSA) is 17.1 Å². The van der Waals surface area contributed by atoms with Crippen LogP contribution in [0.5, 0.6) is 0 Å². The van der Waals surface area contributed by atoms with Gasteiger partial charge in [0.1, 0.15) is 5.78 Å². The molecule has 2 heteroatoms. The molecule has 0 unspecified atom stereocenters. The summed E-state index contributed by atoms with van der Waals surface area (Å²) in [6, 6.07) is 0. The Labute approximate surface area is 112 Å². The average Bonchev–Trinajstić information content (AvgIpc) is 2.32. The van der Waals surface area contributed by atoms with Crippen LogP contribution in [0, 0.1) is 0 Å². The van der Waals surface area contributed by atoms with E-state index in [4.69, 9.17) is 11.6 Å². The van der Waals surface area contributed by atoms with Crippen LogP contribution in [-0.2, 0) is 4.79 Å². The van der Waals surface area contributed by atoms with Crippen LogP contribution in [0.25, 0.3) is 0 Å². The maximum Gasteiger partial charge on any atom is 0.134 e. The minimum Gasteiger partial charge on any atom is -0.300 e. The molecule has 0 aromatic carbocycles. The number of unbranched alkanes of at least 4 members (excludes halogenated alkanes) is 9. The molecule has 0 bridgehead atoms. The van der Waals surface area contributed by atoms with Gasteiger partial charge in [-0.05, 0) is 6.42 Å². The van der Waals surface area contributed by atoms with E-state index in [0.29, 0.717) is 18.1 Å². The molecule has 17 heavy (non-hydrogen) atoms. The first kappa shape index (κ1) is 17.0. The van der Waals surface area contributed by atoms with E-state index >= 15 is 0 Å². The number of hydrogen-bond acceptors (Lipinski definition) is 1. The van der Waals surface area contributed by atoms with E-state index in [1.807, 2.05) is 0 Å². The van der Waals surface area contributed by atoms with Gasteiger partial charge in [-0.1, -0.05) is 64.7 Å². The molecule has 0 aliphatic rings. The largest absolute Gasteiger partial charge is 0.300 e. The van der Waals surface area contributed by atoms with Crippen LogP contribution in [0.2, 0.25) is 0 Å². The Morgan fingerprint density at radius 2 is 1.24 bits per heavy atom. The SMILES string of the molecule is CCCCCCCCCCCCC(=O)CCCl. The van der Waals surface area contributed by atoms with Crippen LogP contribution in [-0.4, -0.2) is 11.7 Å². The van der Waals surface area contributed by atoms with Crippen molar-refractivity contribution in [3.05, 3.63) is 0 Å². The molecule has 0 heterocycles. The van der Waals surface area contributed by atoms with Crippen molar-refractivity contribution in [2.24, 2.45) is 0 Å². The second kappa shape index (κ2) is 14.0. The van der Waals surface area contributed by atoms with Crippen molar-refractivity contribution >= 4 is 17.4 Å². The number of alkyl halides is 1. The molecular weight excluding hydrogens is 232 g/mol. The van der Waals surface area contributed by atoms with E-state index < -0.39 is 0 Å². The van der Waals surface area contributed by atoms with Gasteiger partial charge in [0.25, 0.3) is 0 Å². The molecule has 0 amide bonds. The van der Waals surface area contributed by atoms with Crippen LogP contribution in [0.3, 0.4) is 0 Å². The molecule has 0 aliphatic carbocycles. The van der Waals surface area contributed by atoms with Crippen molar-refractivity contribution in [3.63, 3.8) is 0 Å². The van der Waals surface area contributed by atoms with Crippen LogP contribution >= 0.6 is 11.6 Å². The molecule has 0 aromatic rings. The second-order valence-electron chi connectivity index (χ2n) is 4.91. The first-order valence-corrected chi connectivity index (χ1v) is 7.92. The van der Waals surface area contributed by atoms with Crippen molar-refractivity contribution in [2.75, 3.05) is 5.88 Å². The number of hydrogen-bond donors (Lipinski definition) is 0. The highest BCUT2D eigenvalue weighted by Gasteiger charge is 2.00. The smallest absolute Gasteiger partial charge is 0.134 e. The molecule has 0 radical (unpaired) electrons. The summed E-state index contributed by atoms with van der Waals surface area (Å²) in [7, 11) is 0. The van der Waals surface area contributed by atoms with Gasteiger partial charge in [0, 0.05) is 18.7 Å². The Bertz CT molecular complexity index is 168. The van der Waals surface area contributed by atoms with Gasteiger partial charge in [-0.25, -0.2) is 0 Å². The predicted octanol–water partition coefficient (Wildman–Crippen LogP) is 5.50. The summed E-state index contributed by atoms with van der Waals surface area (Å²) in [6.45, 7) is 2.26. The maximum absolute atomic E-state index is 11.2. The van der Waals surface area contributed by atoms with Gasteiger partial charge in [0.2, 0.25) is 0 Å². The normalized spacial score (nSPS) is 10.7. The summed E-state index contributed by atoms with van der Waals surface area (Å²) in [4.78, 5) is 11.2. The van der Waals surface area contributed by atoms with Gasteiger partial charge in [-0.3, -0.25) is 4.79 Å². The third-order valence-corrected chi connectivity index (χ3v) is 3.37. The van der Waals surface area contributed by atoms with Gasteiger partial charge in [-0.2, -0.15) is 0 Å². The third kappa shape index (κ3) is 13.9. The number of rotatable bonds is 13. The number of halogens is 1. The van der Waals surface area contributed by atoms with Crippen molar-refractivity contribution < 1.29 is 4.79 Å². The minimum atomic E-state index is 0.333. The highest BCUT2D eigenvalue weighted by molar-refractivity contribution is 6.19. The van der Waals surface area contributed by atoms with Gasteiger partial charge in [0.05, 0.1) is 0 Å². The van der Waals surface area contributed by atoms with Crippen LogP contribution in [0.1, 0.15) is 84.0 Å². The van der Waals surface area contributed by atoms with Crippen LogP contribution in [0.4, 0.5) is 0 Å². The van der Waals surface area contributed by atoms with Crippen LogP contribution < -0.4 is 0 Å². The molecular formula is C15H29ClO. The summed E-state index contributed by atoms with van der Waals surface area (Å²) in [5, 5.41) is 0. The molecule has 0 aromatic heterocycles. The van der Waals surface area contributed by atoms with Gasteiger partial charge in [0.15, 0.2) is 0 Å². The average molecular weight is 261 g/mol. The number of ketones is 1. The fourth-order valence-corrected chi connectivity index (χ4v) is 2.25. The lowest BCUT2D eigenvalue weighted by atomic mass is 10.0. The molecule has 0 fully saturated rings. The number of Topliss-reactive ketones (excluding diaryl/α,β-unsaturated/α-hetero) is 1. The van der Waals surface area contributed by atoms with Crippen molar-refractivity contribution in [1.82, 2.24) is 0 Å². The molecule has 1 nitrogen and oxygen atoms in total. The Morgan fingerprint density at radius 1 is 0.765 bits per heavy atom. The first-order chi connectivity index (χ1) is 8.31. The summed E-state index contributed by atoms with van der Waals surface area (Å²) < 4.78 is 0. The Hall–Kier alpha value is -0.0400. The van der Waals surface area contributed by atoms with Crippen molar-refractivity contribution in [1.29, 1.82) is 0 Å². The Morgan fingerprint density at radius 3 is 1.71 bits per heavy atom. The van der Waals surface area contributed by atoms with E-state index in [2.05, 4.69) is 6.92 Å². The van der Waals surface area contributed by atoms with Crippen molar-refractivity contribution in [3.8, 4) is 0 Å². The lowest BCUT2D eigenvalue weighted by Gasteiger charge is -2.02. The number of carbonyl (C=O) groups excluding carboxylic acids is 1. The van der Waals surface area contributed by atoms with E-state index in [1.165, 1.54) is 57.8 Å². The van der Waals surface area contributed by atoms with Gasteiger partial charge < -0.3 is 0 Å². The van der Waals surface area contributed by atoms with Gasteiger partial charge in [-0.15, -0.1) is 11.6 Å². The summed E-state index contributed by atoms with van der Waals surface area (Å²) in [6.07, 6.45) is 14.5. The van der Waals surface area contributed by atoms with E-state index in [0.717, 1.165) is 12.8 Å². The standard InChI is InChI=1S/C15H29ClO/c1-2-3-4-5-6-7-8-9-10-11-12-15(17)13-14-16/h2-14H2,1H3. The number of carbonyl (C=O) groups is 1. The summed E-state index contributed by atoms with van der Waals surface area (Å²) in [5.41, 5.74) is 0. The highest BCUT2D eigenvalue weighted by Crippen LogP contribution is 2.11. The zero-order valence-corrected chi connectivity index (χ0v) is 12.2. The molecule has 0 spiro atoms. The predicted molar refractivity (Wildman–Crippen MR) is 76.8 cm³/mol. The van der Waals surface area contributed by atoms with E-state index in [1.54, 1.807) is 0 Å².